The minimum Gasteiger partial charge on any atom is -0.493 e. The summed E-state index contributed by atoms with van der Waals surface area (Å²) in [7, 11) is 3.21. The number of hydrogen-bond acceptors (Lipinski definition) is 8. The molecule has 0 atom stereocenters. The zero-order valence-electron chi connectivity index (χ0n) is 21.5. The molecule has 9 nitrogen and oxygen atoms in total. The smallest absolute Gasteiger partial charge is 0.260 e. The van der Waals surface area contributed by atoms with Gasteiger partial charge in [0.05, 0.1) is 29.3 Å². The highest BCUT2D eigenvalue weighted by Crippen LogP contribution is 2.37. The van der Waals surface area contributed by atoms with Gasteiger partial charge in [-0.15, -0.1) is 13.2 Å². The van der Waals surface area contributed by atoms with Crippen molar-refractivity contribution in [3.05, 3.63) is 67.3 Å². The van der Waals surface area contributed by atoms with Crippen molar-refractivity contribution in [1.82, 2.24) is 14.2 Å². The van der Waals surface area contributed by atoms with Gasteiger partial charge in [-0.3, -0.25) is 9.69 Å². The van der Waals surface area contributed by atoms with E-state index >= 15 is 0 Å². The van der Waals surface area contributed by atoms with Gasteiger partial charge in [0, 0.05) is 43.9 Å². The van der Waals surface area contributed by atoms with Crippen LogP contribution < -0.4 is 14.4 Å². The molecule has 0 bridgehead atoms. The number of carbonyl (C=O) groups excluding carboxylic acids is 1. The summed E-state index contributed by atoms with van der Waals surface area (Å²) in [6, 6.07) is 9.55. The molecule has 0 saturated heterocycles. The lowest BCUT2D eigenvalue weighted by atomic mass is 10.2. The average molecular weight is 545 g/mol. The summed E-state index contributed by atoms with van der Waals surface area (Å²) in [6.07, 6.45) is 3.04. The molecule has 0 aliphatic carbocycles. The fourth-order valence-corrected chi connectivity index (χ4v) is 5.96. The zero-order chi connectivity index (χ0) is 27.2. The third-order valence-electron chi connectivity index (χ3n) is 5.53. The highest BCUT2D eigenvalue weighted by atomic mass is 32.2. The number of rotatable bonds is 13. The van der Waals surface area contributed by atoms with Gasteiger partial charge in [-0.05, 0) is 38.4 Å². The topological polar surface area (TPSA) is 92.3 Å². The Bertz CT molecular complexity index is 1320. The van der Waals surface area contributed by atoms with Crippen LogP contribution in [0, 0.1) is 0 Å². The molecule has 0 aliphatic heterocycles. The zero-order valence-corrected chi connectivity index (χ0v) is 23.1. The third kappa shape index (κ3) is 6.37. The van der Waals surface area contributed by atoms with Crippen molar-refractivity contribution in [2.75, 3.05) is 59.4 Å². The van der Waals surface area contributed by atoms with Crippen LogP contribution in [0.3, 0.4) is 0 Å². The molecule has 198 valence electrons. The predicted molar refractivity (Wildman–Crippen MR) is 149 cm³/mol. The van der Waals surface area contributed by atoms with Crippen LogP contribution >= 0.6 is 11.3 Å². The van der Waals surface area contributed by atoms with Crippen LogP contribution in [0.25, 0.3) is 10.2 Å². The number of amides is 1. The summed E-state index contributed by atoms with van der Waals surface area (Å²) in [5.74, 6) is 0.852. The van der Waals surface area contributed by atoms with Crippen LogP contribution in [0.4, 0.5) is 5.13 Å². The van der Waals surface area contributed by atoms with E-state index < -0.39 is 10.0 Å². The minimum atomic E-state index is -3.77. The standard InChI is InChI=1S/C26H32N4O5S2/c1-7-13-29(14-8-2)37(32,33)20-11-9-19(10-12-20)25(31)30(16-15-28(3)4)26-27-21-17-22(34-5)23(35-6)18-24(21)36-26/h7-12,17-18H,1-2,13-16H2,3-6H3. The Morgan fingerprint density at radius 3 is 2.14 bits per heavy atom. The molecular formula is C26H32N4O5S2. The number of ether oxygens (including phenoxy) is 2. The second-order valence-corrected chi connectivity index (χ2v) is 11.3. The fraction of sp³-hybridized carbons (Fsp3) is 0.308. The van der Waals surface area contributed by atoms with E-state index in [1.165, 1.54) is 52.1 Å². The molecule has 0 spiro atoms. The van der Waals surface area contributed by atoms with Gasteiger partial charge in [-0.2, -0.15) is 4.31 Å². The molecule has 11 heteroatoms. The van der Waals surface area contributed by atoms with E-state index in [2.05, 4.69) is 13.2 Å². The summed E-state index contributed by atoms with van der Waals surface area (Å²) in [5.41, 5.74) is 1.04. The van der Waals surface area contributed by atoms with Gasteiger partial charge in [0.25, 0.3) is 5.91 Å². The quantitative estimate of drug-likeness (QED) is 0.302. The lowest BCUT2D eigenvalue weighted by Crippen LogP contribution is -2.36. The number of aromatic nitrogens is 1. The average Bonchev–Trinajstić information content (AvgIpc) is 3.30. The van der Waals surface area contributed by atoms with Crippen molar-refractivity contribution in [1.29, 1.82) is 0 Å². The number of thiazole rings is 1. The predicted octanol–water partition coefficient (Wildman–Crippen LogP) is 3.88. The normalized spacial score (nSPS) is 11.6. The molecule has 0 radical (unpaired) electrons. The number of methoxy groups -OCH3 is 2. The van der Waals surface area contributed by atoms with E-state index in [1.54, 1.807) is 25.2 Å². The molecule has 3 aromatic rings. The Morgan fingerprint density at radius 1 is 1.00 bits per heavy atom. The van der Waals surface area contributed by atoms with E-state index in [0.29, 0.717) is 40.8 Å². The van der Waals surface area contributed by atoms with Crippen molar-refractivity contribution in [2.24, 2.45) is 0 Å². The van der Waals surface area contributed by atoms with Crippen LogP contribution in [-0.4, -0.2) is 83.0 Å². The van der Waals surface area contributed by atoms with Crippen molar-refractivity contribution in [2.45, 2.75) is 4.90 Å². The number of likely N-dealkylation sites (N-methyl/N-ethyl adjacent to an activating group) is 1. The molecule has 2 aromatic carbocycles. The Morgan fingerprint density at radius 2 is 1.59 bits per heavy atom. The van der Waals surface area contributed by atoms with Crippen LogP contribution in [0.2, 0.25) is 0 Å². The molecule has 1 heterocycles. The molecule has 0 N–H and O–H groups in total. The molecule has 0 fully saturated rings. The maximum atomic E-state index is 13.6. The third-order valence-corrected chi connectivity index (χ3v) is 8.42. The van der Waals surface area contributed by atoms with Gasteiger partial charge in [0.1, 0.15) is 0 Å². The number of carbonyl (C=O) groups is 1. The number of hydrogen-bond donors (Lipinski definition) is 0. The Labute approximate surface area is 222 Å². The van der Waals surface area contributed by atoms with Crippen LogP contribution in [0.5, 0.6) is 11.5 Å². The van der Waals surface area contributed by atoms with Gasteiger partial charge in [0.15, 0.2) is 16.6 Å². The summed E-state index contributed by atoms with van der Waals surface area (Å²) >= 11 is 1.37. The first-order chi connectivity index (χ1) is 17.7. The highest BCUT2D eigenvalue weighted by molar-refractivity contribution is 7.89. The Kier molecular flexibility index (Phi) is 9.44. The van der Waals surface area contributed by atoms with E-state index in [9.17, 15) is 13.2 Å². The molecule has 0 unspecified atom stereocenters. The first-order valence-electron chi connectivity index (χ1n) is 11.5. The van der Waals surface area contributed by atoms with Crippen molar-refractivity contribution in [3.8, 4) is 11.5 Å². The van der Waals surface area contributed by atoms with Crippen LogP contribution in [0.1, 0.15) is 10.4 Å². The minimum absolute atomic E-state index is 0.0896. The second kappa shape index (κ2) is 12.3. The molecule has 0 aliphatic rings. The number of fused-ring (bicyclic) bond motifs is 1. The van der Waals surface area contributed by atoms with Gasteiger partial charge >= 0.3 is 0 Å². The number of anilines is 1. The maximum Gasteiger partial charge on any atom is 0.260 e. The molecule has 37 heavy (non-hydrogen) atoms. The lowest BCUT2D eigenvalue weighted by molar-refractivity contribution is 0.0985. The molecule has 1 aromatic heterocycles. The maximum absolute atomic E-state index is 13.6. The van der Waals surface area contributed by atoms with E-state index in [1.807, 2.05) is 25.1 Å². The SMILES string of the molecule is C=CCN(CC=C)S(=O)(=O)c1ccc(C(=O)N(CCN(C)C)c2nc3cc(OC)c(OC)cc3s2)cc1. The van der Waals surface area contributed by atoms with Crippen molar-refractivity contribution < 1.29 is 22.7 Å². The molecular weight excluding hydrogens is 512 g/mol. The van der Waals surface area contributed by atoms with Crippen molar-refractivity contribution >= 4 is 42.6 Å². The molecule has 0 saturated carbocycles. The summed E-state index contributed by atoms with van der Waals surface area (Å²) in [5, 5.41) is 0.525. The first-order valence-corrected chi connectivity index (χ1v) is 13.7. The number of benzene rings is 2. The summed E-state index contributed by atoms with van der Waals surface area (Å²) < 4.78 is 39.0. The molecule has 1 amide bonds. The Balaban J connectivity index is 1.97. The fourth-order valence-electron chi connectivity index (χ4n) is 3.58. The molecule has 3 rings (SSSR count). The van der Waals surface area contributed by atoms with Gasteiger partial charge in [-0.1, -0.05) is 23.5 Å². The van der Waals surface area contributed by atoms with E-state index in [-0.39, 0.29) is 23.9 Å². The summed E-state index contributed by atoms with van der Waals surface area (Å²) in [6.45, 7) is 8.57. The lowest BCUT2D eigenvalue weighted by Gasteiger charge is -2.22. The van der Waals surface area contributed by atoms with Gasteiger partial charge in [0.2, 0.25) is 10.0 Å². The van der Waals surface area contributed by atoms with Crippen LogP contribution in [-0.2, 0) is 10.0 Å². The van der Waals surface area contributed by atoms with Gasteiger partial charge < -0.3 is 14.4 Å². The first kappa shape index (κ1) is 28.3. The number of nitrogens with zero attached hydrogens (tertiary/aromatic N) is 4. The van der Waals surface area contributed by atoms with Gasteiger partial charge in [-0.25, -0.2) is 13.4 Å². The highest BCUT2D eigenvalue weighted by Gasteiger charge is 2.25. The van der Waals surface area contributed by atoms with Crippen molar-refractivity contribution in [3.63, 3.8) is 0 Å². The monoisotopic (exact) mass is 544 g/mol. The van der Waals surface area contributed by atoms with E-state index in [0.717, 1.165) is 4.70 Å². The largest absolute Gasteiger partial charge is 0.493 e. The summed E-state index contributed by atoms with van der Waals surface area (Å²) in [4.78, 5) is 22.0. The second-order valence-electron chi connectivity index (χ2n) is 8.36. The Hall–Kier alpha value is -3.25. The van der Waals surface area contributed by atoms with E-state index in [4.69, 9.17) is 14.5 Å². The van der Waals surface area contributed by atoms with Crippen LogP contribution in [0.15, 0.2) is 66.6 Å². The number of sulfonamides is 1.